The number of phosphoric acid groups is 1. The van der Waals surface area contributed by atoms with E-state index >= 15 is 0 Å². The summed E-state index contributed by atoms with van der Waals surface area (Å²) in [5.74, 6) is -11.9. The minimum atomic E-state index is -5.29. The topological polar surface area (TPSA) is 343 Å². The number of hydrogen-bond acceptors (Lipinski definition) is 15. The molecule has 0 aliphatic carbocycles. The van der Waals surface area contributed by atoms with Gasteiger partial charge in [0.15, 0.2) is 18.2 Å². The Morgan fingerprint density at radius 2 is 1.25 bits per heavy atom. The molecule has 1 rings (SSSR count). The van der Waals surface area contributed by atoms with Gasteiger partial charge in [0, 0.05) is 48.5 Å². The minimum Gasteiger partial charge on any atom is -0.480 e. The number of esters is 2. The van der Waals surface area contributed by atoms with Crippen LogP contribution in [0.15, 0.2) is 42.6 Å². The molecule has 25 nitrogen and oxygen atoms in total. The van der Waals surface area contributed by atoms with Crippen molar-refractivity contribution in [2.45, 2.75) is 143 Å². The van der Waals surface area contributed by atoms with Crippen molar-refractivity contribution in [3.63, 3.8) is 0 Å². The summed E-state index contributed by atoms with van der Waals surface area (Å²) in [4.78, 5) is 155. The number of hydrogen-bond donors (Lipinski definition) is 7. The molecule has 0 aliphatic rings. The number of amides is 7. The molecule has 0 spiro atoms. The van der Waals surface area contributed by atoms with Crippen molar-refractivity contribution in [3.8, 4) is 0 Å². The highest BCUT2D eigenvalue weighted by Crippen LogP contribution is 2.40. The highest BCUT2D eigenvalue weighted by atomic mass is 31.2. The van der Waals surface area contributed by atoms with E-state index in [-0.39, 0.29) is 12.8 Å². The maximum Gasteiger partial charge on any atom is 0.469 e. The molecule has 26 heteroatoms. The molecular formula is C46H72N7O18P. The summed E-state index contributed by atoms with van der Waals surface area (Å²) in [5, 5.41) is 19.7. The summed E-state index contributed by atoms with van der Waals surface area (Å²) in [6.45, 7) is 17.2. The minimum absolute atomic E-state index is 0.124. The molecular weight excluding hydrogens is 970 g/mol. The van der Waals surface area contributed by atoms with Crippen LogP contribution < -0.4 is 21.3 Å². The predicted octanol–water partition coefficient (Wildman–Crippen LogP) is 0.0170. The molecule has 0 aromatic heterocycles. The summed E-state index contributed by atoms with van der Waals surface area (Å²) < 4.78 is 33.3. The molecule has 0 saturated carbocycles. The lowest BCUT2D eigenvalue weighted by atomic mass is 9.95. The summed E-state index contributed by atoms with van der Waals surface area (Å²) >= 11 is 0. The molecule has 0 unspecified atom stereocenters. The first-order valence-electron chi connectivity index (χ1n) is 22.8. The third-order valence-electron chi connectivity index (χ3n) is 11.4. The summed E-state index contributed by atoms with van der Waals surface area (Å²) in [6, 6.07) is -1.01. The Hall–Kier alpha value is -6.27. The fraction of sp³-hybridized carbons (Fsp3) is 0.609. The Labute approximate surface area is 419 Å². The maximum atomic E-state index is 14.4. The fourth-order valence-corrected chi connectivity index (χ4v) is 7.74. The first-order valence-corrected chi connectivity index (χ1v) is 24.3. The van der Waals surface area contributed by atoms with Gasteiger partial charge >= 0.3 is 25.7 Å². The van der Waals surface area contributed by atoms with Crippen molar-refractivity contribution < 1.29 is 86.1 Å². The normalized spacial score (nSPS) is 15.6. The van der Waals surface area contributed by atoms with Crippen LogP contribution in [0.2, 0.25) is 0 Å². The van der Waals surface area contributed by atoms with Crippen LogP contribution in [-0.4, -0.2) is 178 Å². The number of carboxylic acid groups (broad SMARTS) is 1. The van der Waals surface area contributed by atoms with Crippen molar-refractivity contribution in [2.24, 2.45) is 11.8 Å². The smallest absolute Gasteiger partial charge is 0.469 e. The van der Waals surface area contributed by atoms with Crippen molar-refractivity contribution in [1.82, 2.24) is 36.0 Å². The zero-order valence-electron chi connectivity index (χ0n) is 43.2. The van der Waals surface area contributed by atoms with Crippen LogP contribution in [0.25, 0.3) is 0 Å². The van der Waals surface area contributed by atoms with Crippen LogP contribution in [0.4, 0.5) is 0 Å². The number of carbonyl (C=O) groups excluding carboxylic acids is 9. The first kappa shape index (κ1) is 63.7. The molecule has 0 aliphatic heterocycles. The average molecular weight is 1040 g/mol. The predicted molar refractivity (Wildman–Crippen MR) is 256 cm³/mol. The van der Waals surface area contributed by atoms with Crippen LogP contribution >= 0.6 is 7.82 Å². The zero-order chi connectivity index (χ0) is 55.7. The molecule has 0 heterocycles. The van der Waals surface area contributed by atoms with E-state index in [9.17, 15) is 67.4 Å². The number of carbonyl (C=O) groups is 10. The van der Waals surface area contributed by atoms with Gasteiger partial charge in [0.2, 0.25) is 29.5 Å². The molecule has 72 heavy (non-hydrogen) atoms. The van der Waals surface area contributed by atoms with E-state index in [4.69, 9.17) is 18.7 Å². The van der Waals surface area contributed by atoms with Gasteiger partial charge < -0.3 is 65.1 Å². The Balaban J connectivity index is 3.56. The van der Waals surface area contributed by atoms with Crippen LogP contribution in [0.1, 0.15) is 81.2 Å². The van der Waals surface area contributed by atoms with E-state index in [1.54, 1.807) is 37.3 Å². The highest BCUT2D eigenvalue weighted by molar-refractivity contribution is 7.46. The second-order valence-electron chi connectivity index (χ2n) is 17.7. The van der Waals surface area contributed by atoms with Gasteiger partial charge in [-0.25, -0.2) is 18.9 Å². The number of nitrogens with zero attached hydrogens (tertiary/aromatic N) is 3. The van der Waals surface area contributed by atoms with E-state index in [1.165, 1.54) is 76.6 Å². The van der Waals surface area contributed by atoms with Crippen LogP contribution in [0.5, 0.6) is 0 Å². The Morgan fingerprint density at radius 1 is 0.708 bits per heavy atom. The lowest BCUT2D eigenvalue weighted by molar-refractivity contribution is -0.167. The third kappa shape index (κ3) is 19.1. The lowest BCUT2D eigenvalue weighted by Gasteiger charge is -2.37. The summed E-state index contributed by atoms with van der Waals surface area (Å²) in [7, 11) is -0.640. The summed E-state index contributed by atoms with van der Waals surface area (Å²) in [6.07, 6.45) is -6.01. The van der Waals surface area contributed by atoms with E-state index in [2.05, 4.69) is 27.8 Å². The SMILES string of the molecule is C=C(C(=O)N[C@@H](C)C(=O)N(C)[C@@H](C)C(=O)N[C@H](C(=O)N(C)[C@H](C(=O)O)[C@@H](C)OC)[C@H](OC(=O)[C@@H](NC(C)=O)[C@H](OP(=O)(O)O)C(C)C)C(C)C)N(C)C(=O)[C@@H](Cc1ccccc1)OC(=O)[C@H](CC)NC(C)=O. The van der Waals surface area contributed by atoms with E-state index < -0.39 is 145 Å². The van der Waals surface area contributed by atoms with E-state index in [1.807, 2.05) is 0 Å². The highest BCUT2D eigenvalue weighted by Gasteiger charge is 2.45. The van der Waals surface area contributed by atoms with Crippen molar-refractivity contribution in [3.05, 3.63) is 48.2 Å². The van der Waals surface area contributed by atoms with Crippen molar-refractivity contribution >= 4 is 67.1 Å². The number of likely N-dealkylation sites (N-methyl/N-ethyl adjacent to an activating group) is 3. The second kappa shape index (κ2) is 28.7. The van der Waals surface area contributed by atoms with Gasteiger partial charge in [0.1, 0.15) is 42.1 Å². The van der Waals surface area contributed by atoms with Crippen LogP contribution in [0, 0.1) is 11.8 Å². The van der Waals surface area contributed by atoms with Crippen molar-refractivity contribution in [1.29, 1.82) is 0 Å². The lowest BCUT2D eigenvalue weighted by Crippen LogP contribution is -2.63. The van der Waals surface area contributed by atoms with E-state index in [0.29, 0.717) is 5.56 Å². The third-order valence-corrected chi connectivity index (χ3v) is 11.9. The number of nitrogens with one attached hydrogen (secondary N) is 4. The largest absolute Gasteiger partial charge is 0.480 e. The number of aliphatic carboxylic acids is 1. The van der Waals surface area contributed by atoms with Crippen molar-refractivity contribution in [2.75, 3.05) is 28.3 Å². The zero-order valence-corrected chi connectivity index (χ0v) is 44.1. The molecule has 7 amide bonds. The monoisotopic (exact) mass is 1040 g/mol. The molecule has 1 aromatic carbocycles. The number of benzene rings is 1. The molecule has 10 atom stereocenters. The van der Waals surface area contributed by atoms with Gasteiger partial charge in [-0.3, -0.25) is 38.1 Å². The van der Waals surface area contributed by atoms with Gasteiger partial charge in [-0.2, -0.15) is 0 Å². The standard InChI is InChI=1S/C46H72N7O18P/c1-16-32(48-29(10)54)45(63)69-33(22-31-20-18-17-19-21-31)42(59)52(13)26(7)39(56)47-25(6)41(58)51(12)27(8)40(57)50-34(43(60)53(14)36(44(61)62)28(9)68-15)37(23(2)3)70-46(64)35(49-30(11)55)38(24(4)5)71-72(65,66)67/h17-21,23-25,27-28,32-38H,7,16,22H2,1-6,8-15H3,(H,47,56)(H,48,54)(H,49,55)(H,50,57)(H,61,62)(H2,65,66,67)/t25-,27-,28+,32-,33+,34-,35-,36-,37+,38+/m0/s1. The Kier molecular flexibility index (Phi) is 25.4. The molecule has 0 saturated heterocycles. The maximum absolute atomic E-state index is 14.4. The molecule has 404 valence electrons. The first-order chi connectivity index (χ1) is 33.2. The molecule has 0 fully saturated rings. The number of phosphoric ester groups is 1. The number of carboxylic acids is 1. The van der Waals surface area contributed by atoms with Gasteiger partial charge in [-0.05, 0) is 44.6 Å². The van der Waals surface area contributed by atoms with Crippen LogP contribution in [0.3, 0.4) is 0 Å². The van der Waals surface area contributed by atoms with Crippen LogP contribution in [-0.2, 0) is 77.7 Å². The molecule has 1 aromatic rings. The molecule has 7 N–H and O–H groups in total. The van der Waals surface area contributed by atoms with E-state index in [0.717, 1.165) is 28.7 Å². The number of rotatable bonds is 28. The number of methoxy groups -OCH3 is 1. The second-order valence-corrected chi connectivity index (χ2v) is 18.9. The van der Waals surface area contributed by atoms with Gasteiger partial charge in [0.25, 0.3) is 11.8 Å². The fourth-order valence-electron chi connectivity index (χ4n) is 7.06. The Bertz CT molecular complexity index is 2170. The molecule has 0 bridgehead atoms. The quantitative estimate of drug-likeness (QED) is 0.0330. The van der Waals surface area contributed by atoms with Gasteiger partial charge in [0.05, 0.1) is 6.10 Å². The number of ether oxygens (including phenoxy) is 3. The molecule has 0 radical (unpaired) electrons. The van der Waals surface area contributed by atoms with Gasteiger partial charge in [-0.15, -0.1) is 0 Å². The van der Waals surface area contributed by atoms with Gasteiger partial charge in [-0.1, -0.05) is 71.5 Å². The summed E-state index contributed by atoms with van der Waals surface area (Å²) in [5.41, 5.74) is 0.113. The Morgan fingerprint density at radius 3 is 1.71 bits per heavy atom. The average Bonchev–Trinajstić information content (AvgIpc) is 3.29.